The summed E-state index contributed by atoms with van der Waals surface area (Å²) in [4.78, 5) is 28.6. The van der Waals surface area contributed by atoms with Crippen molar-refractivity contribution in [3.8, 4) is 0 Å². The zero-order valence-electron chi connectivity index (χ0n) is 33.6. The first-order valence-corrected chi connectivity index (χ1v) is 21.4. The molecule has 3 aromatic carbocycles. The van der Waals surface area contributed by atoms with Gasteiger partial charge in [-0.25, -0.2) is 9.59 Å². The van der Waals surface area contributed by atoms with Crippen LogP contribution in [0.15, 0.2) is 91.3 Å². The van der Waals surface area contributed by atoms with E-state index in [4.69, 9.17) is 9.47 Å². The van der Waals surface area contributed by atoms with E-state index in [1.54, 1.807) is 0 Å². The average molecular weight is 756 g/mol. The molecule has 9 rings (SSSR count). The van der Waals surface area contributed by atoms with E-state index in [1.807, 2.05) is 68.7 Å². The number of nitrogens with one attached hydrogen (secondary N) is 2. The van der Waals surface area contributed by atoms with Crippen LogP contribution < -0.4 is 10.6 Å². The van der Waals surface area contributed by atoms with Gasteiger partial charge in [-0.15, -0.1) is 0 Å². The van der Waals surface area contributed by atoms with Gasteiger partial charge in [-0.05, 0) is 153 Å². The van der Waals surface area contributed by atoms with Crippen LogP contribution in [0.5, 0.6) is 0 Å². The second-order valence-corrected chi connectivity index (χ2v) is 17.0. The molecule has 0 aliphatic heterocycles. The molecule has 296 valence electrons. The minimum atomic E-state index is -0.250. The predicted molar refractivity (Wildman–Crippen MR) is 225 cm³/mol. The number of carbonyl (C=O) groups excluding carboxylic acids is 2. The quantitative estimate of drug-likeness (QED) is 0.124. The van der Waals surface area contributed by atoms with Crippen molar-refractivity contribution in [2.75, 3.05) is 23.8 Å². The first-order valence-electron chi connectivity index (χ1n) is 21.4. The van der Waals surface area contributed by atoms with Gasteiger partial charge in [-0.3, -0.25) is 4.98 Å². The molecular formula is C49H61N3O4. The van der Waals surface area contributed by atoms with E-state index >= 15 is 0 Å². The van der Waals surface area contributed by atoms with Gasteiger partial charge in [0.15, 0.2) is 0 Å². The minimum absolute atomic E-state index is 0.245. The second-order valence-electron chi connectivity index (χ2n) is 17.0. The van der Waals surface area contributed by atoms with Crippen molar-refractivity contribution in [2.45, 2.75) is 110 Å². The van der Waals surface area contributed by atoms with Crippen molar-refractivity contribution < 1.29 is 19.1 Å². The number of aromatic nitrogens is 1. The topological polar surface area (TPSA) is 89.6 Å². The maximum atomic E-state index is 12.3. The molecule has 5 aliphatic rings. The number of hydrogen-bond donors (Lipinski definition) is 2. The highest BCUT2D eigenvalue weighted by atomic mass is 16.5. The summed E-state index contributed by atoms with van der Waals surface area (Å²) < 4.78 is 10.4. The molecule has 0 unspecified atom stereocenters. The molecule has 5 aliphatic carbocycles. The first-order chi connectivity index (χ1) is 27.4. The van der Waals surface area contributed by atoms with Crippen LogP contribution in [0.1, 0.15) is 127 Å². The standard InChI is InChI=1S/C26H32N2O2.C23H29NO2/c1-2-30-25(29)22-3-4-23(24(12-22)28-17-18-5-7-27-8-6-18)16-26-13-19-9-20(14-26)11-21(10-19)15-26;1-2-26-23(25)21-14-13-20(15-18-9-5-3-6-10-18)22(16-21)24-17-19-11-7-4-8-12-19/h3-8,12,19-21,28H,2,9-11,13-17H2,1H3;4,7-8,11-14,16,18,24H,2-3,5-6,9-10,15,17H2,1H3. The van der Waals surface area contributed by atoms with Crippen molar-refractivity contribution in [1.29, 1.82) is 0 Å². The van der Waals surface area contributed by atoms with E-state index in [0.29, 0.717) is 29.8 Å². The van der Waals surface area contributed by atoms with Crippen LogP contribution in [0.4, 0.5) is 11.4 Å². The largest absolute Gasteiger partial charge is 0.462 e. The van der Waals surface area contributed by atoms with Crippen molar-refractivity contribution in [2.24, 2.45) is 29.1 Å². The highest BCUT2D eigenvalue weighted by Crippen LogP contribution is 2.61. The van der Waals surface area contributed by atoms with Crippen LogP contribution in [0, 0.1) is 29.1 Å². The van der Waals surface area contributed by atoms with E-state index < -0.39 is 0 Å². The lowest BCUT2D eigenvalue weighted by Crippen LogP contribution is -2.47. The van der Waals surface area contributed by atoms with Gasteiger partial charge in [0.1, 0.15) is 0 Å². The molecule has 4 bridgehead atoms. The Labute approximate surface area is 334 Å². The van der Waals surface area contributed by atoms with Gasteiger partial charge in [0, 0.05) is 36.9 Å². The van der Waals surface area contributed by atoms with Gasteiger partial charge in [-0.1, -0.05) is 74.6 Å². The molecule has 7 nitrogen and oxygen atoms in total. The summed E-state index contributed by atoms with van der Waals surface area (Å²) >= 11 is 0. The maximum Gasteiger partial charge on any atom is 0.338 e. The molecule has 4 aromatic rings. The summed E-state index contributed by atoms with van der Waals surface area (Å²) in [6.45, 7) is 5.96. The molecule has 2 N–H and O–H groups in total. The summed E-state index contributed by atoms with van der Waals surface area (Å²) in [5, 5.41) is 7.16. The fraction of sp³-hybridized carbons (Fsp3) is 0.490. The van der Waals surface area contributed by atoms with Gasteiger partial charge in [0.25, 0.3) is 0 Å². The number of esters is 2. The van der Waals surface area contributed by atoms with Crippen LogP contribution in [0.2, 0.25) is 0 Å². The molecule has 56 heavy (non-hydrogen) atoms. The van der Waals surface area contributed by atoms with Crippen LogP contribution in [-0.2, 0) is 35.4 Å². The summed E-state index contributed by atoms with van der Waals surface area (Å²) in [5.41, 5.74) is 8.92. The van der Waals surface area contributed by atoms with Crippen molar-refractivity contribution in [1.82, 2.24) is 4.98 Å². The van der Waals surface area contributed by atoms with Gasteiger partial charge in [0.05, 0.1) is 24.3 Å². The lowest BCUT2D eigenvalue weighted by Gasteiger charge is -2.57. The molecule has 5 fully saturated rings. The van der Waals surface area contributed by atoms with E-state index in [1.165, 1.54) is 92.9 Å². The summed E-state index contributed by atoms with van der Waals surface area (Å²) in [6.07, 6.45) is 21.1. The average Bonchev–Trinajstić information content (AvgIpc) is 3.21. The first kappa shape index (κ1) is 39.6. The Kier molecular flexibility index (Phi) is 13.4. The monoisotopic (exact) mass is 755 g/mol. The molecule has 0 amide bonds. The highest BCUT2D eigenvalue weighted by molar-refractivity contribution is 5.91. The van der Waals surface area contributed by atoms with Crippen molar-refractivity contribution in [3.63, 3.8) is 0 Å². The summed E-state index contributed by atoms with van der Waals surface area (Å²) in [5.74, 6) is 3.11. The Balaban J connectivity index is 0.000000174. The molecule has 0 radical (unpaired) electrons. The Morgan fingerprint density at radius 2 is 1.18 bits per heavy atom. The minimum Gasteiger partial charge on any atom is -0.462 e. The third-order valence-corrected chi connectivity index (χ3v) is 12.8. The molecular weight excluding hydrogens is 695 g/mol. The zero-order chi connectivity index (χ0) is 38.7. The number of pyridine rings is 1. The molecule has 7 heteroatoms. The number of rotatable bonds is 14. The van der Waals surface area contributed by atoms with Crippen LogP contribution >= 0.6 is 0 Å². The lowest BCUT2D eigenvalue weighted by atomic mass is 9.48. The Morgan fingerprint density at radius 3 is 1.73 bits per heavy atom. The number of nitrogens with zero attached hydrogens (tertiary/aromatic N) is 1. The van der Waals surface area contributed by atoms with E-state index in [2.05, 4.69) is 52.0 Å². The van der Waals surface area contributed by atoms with Crippen LogP contribution in [0.25, 0.3) is 0 Å². The van der Waals surface area contributed by atoms with Gasteiger partial charge >= 0.3 is 11.9 Å². The van der Waals surface area contributed by atoms with Gasteiger partial charge < -0.3 is 20.1 Å². The Hall–Kier alpha value is -4.65. The Bertz CT molecular complexity index is 1850. The van der Waals surface area contributed by atoms with E-state index in [0.717, 1.165) is 61.0 Å². The Morgan fingerprint density at radius 1 is 0.661 bits per heavy atom. The van der Waals surface area contributed by atoms with E-state index in [9.17, 15) is 9.59 Å². The van der Waals surface area contributed by atoms with Crippen molar-refractivity contribution >= 4 is 23.3 Å². The normalized spacial score (nSPS) is 22.4. The van der Waals surface area contributed by atoms with Crippen LogP contribution in [-0.4, -0.2) is 30.1 Å². The number of hydrogen-bond acceptors (Lipinski definition) is 7. The molecule has 0 atom stereocenters. The summed E-state index contributed by atoms with van der Waals surface area (Å²) in [7, 11) is 0. The number of carbonyl (C=O) groups is 2. The molecule has 5 saturated carbocycles. The van der Waals surface area contributed by atoms with Gasteiger partial charge in [0.2, 0.25) is 0 Å². The second kappa shape index (κ2) is 19.0. The molecule has 0 saturated heterocycles. The SMILES string of the molecule is CCOC(=O)c1ccc(CC23CC4CC(CC(C4)C2)C3)c(NCc2ccncc2)c1.CCOC(=O)c1ccc(CC2CCCCC2)c(NCc2ccccc2)c1. The predicted octanol–water partition coefficient (Wildman–Crippen LogP) is 11.2. The van der Waals surface area contributed by atoms with Crippen molar-refractivity contribution in [3.05, 3.63) is 125 Å². The molecule has 0 spiro atoms. The third kappa shape index (κ3) is 10.4. The number of ether oxygens (including phenoxy) is 2. The smallest absolute Gasteiger partial charge is 0.338 e. The fourth-order valence-electron chi connectivity index (χ4n) is 10.6. The summed E-state index contributed by atoms with van der Waals surface area (Å²) in [6, 6.07) is 26.5. The molecule has 1 aromatic heterocycles. The van der Waals surface area contributed by atoms with Crippen LogP contribution in [0.3, 0.4) is 0 Å². The third-order valence-electron chi connectivity index (χ3n) is 12.8. The molecule has 1 heterocycles. The number of benzene rings is 3. The highest BCUT2D eigenvalue weighted by Gasteiger charge is 2.50. The lowest BCUT2D eigenvalue weighted by molar-refractivity contribution is -0.0521. The zero-order valence-corrected chi connectivity index (χ0v) is 33.6. The van der Waals surface area contributed by atoms with E-state index in [-0.39, 0.29) is 11.9 Å². The fourth-order valence-corrected chi connectivity index (χ4v) is 10.6. The maximum absolute atomic E-state index is 12.3. The van der Waals surface area contributed by atoms with Gasteiger partial charge in [-0.2, -0.15) is 0 Å². The number of anilines is 2.